The van der Waals surface area contributed by atoms with Crippen molar-refractivity contribution in [1.82, 2.24) is 0 Å². The van der Waals surface area contributed by atoms with E-state index in [4.69, 9.17) is 4.74 Å². The summed E-state index contributed by atoms with van der Waals surface area (Å²) in [5.41, 5.74) is 1.31. The zero-order valence-corrected chi connectivity index (χ0v) is 16.7. The Morgan fingerprint density at radius 3 is 2.42 bits per heavy atom. The molecule has 4 atom stereocenters. The first-order chi connectivity index (χ1) is 12.7. The van der Waals surface area contributed by atoms with E-state index in [1.54, 1.807) is 0 Å². The van der Waals surface area contributed by atoms with Gasteiger partial charge in [0.25, 0.3) is 0 Å². The summed E-state index contributed by atoms with van der Waals surface area (Å²) in [7, 11) is 0. The van der Waals surface area contributed by atoms with Gasteiger partial charge in [0.2, 0.25) is 0 Å². The number of benzene rings is 1. The molecule has 1 aromatic rings. The number of carbonyl (C=O) groups excluding carboxylic acids is 1. The van der Waals surface area contributed by atoms with E-state index in [2.05, 4.69) is 26.0 Å². The maximum Gasteiger partial charge on any atom is 0.314 e. The number of hydrogen-bond acceptors (Lipinski definition) is 2. The van der Waals surface area contributed by atoms with Crippen LogP contribution in [0.2, 0.25) is 0 Å². The molecule has 26 heavy (non-hydrogen) atoms. The highest BCUT2D eigenvalue weighted by molar-refractivity contribution is 5.75. The number of hydrogen-bond donors (Lipinski definition) is 0. The Morgan fingerprint density at radius 1 is 0.962 bits per heavy atom. The molecule has 0 saturated heterocycles. The zero-order valence-electron chi connectivity index (χ0n) is 16.7. The summed E-state index contributed by atoms with van der Waals surface area (Å²) < 4.78 is 5.70. The predicted octanol–water partition coefficient (Wildman–Crippen LogP) is 6.57. The van der Waals surface area contributed by atoms with E-state index in [1.807, 2.05) is 12.1 Å². The molecule has 0 spiro atoms. The van der Waals surface area contributed by atoms with Crippen LogP contribution in [0.4, 0.5) is 0 Å². The summed E-state index contributed by atoms with van der Waals surface area (Å²) in [6, 6.07) is 8.07. The molecular weight excluding hydrogens is 320 g/mol. The lowest BCUT2D eigenvalue weighted by Crippen LogP contribution is -2.35. The highest BCUT2D eigenvalue weighted by Crippen LogP contribution is 2.46. The number of ether oxygens (including phenoxy) is 1. The molecule has 2 aliphatic carbocycles. The molecule has 1 aromatic carbocycles. The lowest BCUT2D eigenvalue weighted by atomic mass is 9.64. The first-order valence-electron chi connectivity index (χ1n) is 11.0. The molecule has 0 N–H and O–H groups in total. The molecule has 2 heteroatoms. The van der Waals surface area contributed by atoms with Gasteiger partial charge in [-0.15, -0.1) is 0 Å². The average Bonchev–Trinajstić information content (AvgIpc) is 2.67. The number of carbonyl (C=O) groups is 1. The van der Waals surface area contributed by atoms with Gasteiger partial charge >= 0.3 is 5.97 Å². The number of unbranched alkanes of at least 4 members (excludes halogenated alkanes) is 1. The quantitative estimate of drug-likeness (QED) is 0.408. The Labute approximate surface area is 159 Å². The molecular formula is C24H36O2. The van der Waals surface area contributed by atoms with Crippen molar-refractivity contribution in [2.45, 2.75) is 84.5 Å². The third-order valence-corrected chi connectivity index (χ3v) is 6.70. The molecule has 2 fully saturated rings. The van der Waals surface area contributed by atoms with Crippen molar-refractivity contribution < 1.29 is 9.53 Å². The van der Waals surface area contributed by atoms with E-state index < -0.39 is 0 Å². The van der Waals surface area contributed by atoms with Crippen molar-refractivity contribution in [2.24, 2.45) is 23.7 Å². The van der Waals surface area contributed by atoms with Gasteiger partial charge in [0.05, 0.1) is 5.92 Å². The summed E-state index contributed by atoms with van der Waals surface area (Å²) >= 11 is 0. The van der Waals surface area contributed by atoms with Gasteiger partial charge in [0.15, 0.2) is 0 Å². The van der Waals surface area contributed by atoms with Crippen LogP contribution in [0, 0.1) is 23.7 Å². The average molecular weight is 357 g/mol. The molecule has 0 aliphatic heterocycles. The van der Waals surface area contributed by atoms with Crippen LogP contribution in [-0.2, 0) is 11.2 Å². The molecule has 0 amide bonds. The lowest BCUT2D eigenvalue weighted by molar-refractivity contribution is -0.141. The number of aryl methyl sites for hydroxylation is 1. The van der Waals surface area contributed by atoms with Crippen LogP contribution in [0.25, 0.3) is 0 Å². The Bertz CT molecular complexity index is 562. The van der Waals surface area contributed by atoms with E-state index in [-0.39, 0.29) is 11.9 Å². The maximum absolute atomic E-state index is 12.6. The number of fused-ring (bicyclic) bond motifs is 1. The smallest absolute Gasteiger partial charge is 0.314 e. The molecule has 144 valence electrons. The molecule has 0 bridgehead atoms. The highest BCUT2D eigenvalue weighted by atomic mass is 16.5. The lowest BCUT2D eigenvalue weighted by Gasteiger charge is -2.41. The van der Waals surface area contributed by atoms with Crippen LogP contribution in [0.3, 0.4) is 0 Å². The summed E-state index contributed by atoms with van der Waals surface area (Å²) in [6.07, 6.45) is 13.8. The van der Waals surface area contributed by atoms with Crippen LogP contribution in [0.15, 0.2) is 24.3 Å². The van der Waals surface area contributed by atoms with Crippen LogP contribution in [0.1, 0.15) is 83.6 Å². The van der Waals surface area contributed by atoms with Crippen molar-refractivity contribution in [3.05, 3.63) is 29.8 Å². The van der Waals surface area contributed by atoms with E-state index in [1.165, 1.54) is 50.5 Å². The molecule has 2 nitrogen and oxygen atoms in total. The molecule has 2 saturated carbocycles. The van der Waals surface area contributed by atoms with E-state index in [9.17, 15) is 4.79 Å². The zero-order chi connectivity index (χ0) is 18.4. The molecule has 0 heterocycles. The van der Waals surface area contributed by atoms with Crippen LogP contribution in [-0.4, -0.2) is 5.97 Å². The Balaban J connectivity index is 1.48. The van der Waals surface area contributed by atoms with Gasteiger partial charge in [-0.3, -0.25) is 4.79 Å². The summed E-state index contributed by atoms with van der Waals surface area (Å²) in [4.78, 5) is 12.6. The number of rotatable bonds is 7. The standard InChI is InChI=1S/C24H36O2/c1-3-5-7-19-8-11-21-17-22(13-12-20(21)16-19)24(25)26-23-14-9-18(6-4-2)10-15-23/h9-10,14-15,19-22H,3-8,11-13,16-17H2,1-2H3. The van der Waals surface area contributed by atoms with Gasteiger partial charge in [-0.1, -0.05) is 58.1 Å². The topological polar surface area (TPSA) is 26.3 Å². The minimum atomic E-state index is -0.000187. The number of esters is 1. The van der Waals surface area contributed by atoms with Gasteiger partial charge in [-0.2, -0.15) is 0 Å². The predicted molar refractivity (Wildman–Crippen MR) is 107 cm³/mol. The van der Waals surface area contributed by atoms with Gasteiger partial charge in [-0.25, -0.2) is 0 Å². The molecule has 0 aromatic heterocycles. The van der Waals surface area contributed by atoms with Crippen molar-refractivity contribution in [2.75, 3.05) is 0 Å². The SMILES string of the molecule is CCCCC1CCC2CC(C(=O)Oc3ccc(CCC)cc3)CCC2C1. The molecule has 0 radical (unpaired) electrons. The third kappa shape index (κ3) is 5.11. The normalized spacial score (nSPS) is 28.4. The van der Waals surface area contributed by atoms with Crippen LogP contribution in [0.5, 0.6) is 5.75 Å². The Morgan fingerprint density at radius 2 is 1.69 bits per heavy atom. The summed E-state index contributed by atoms with van der Waals surface area (Å²) in [5.74, 6) is 3.38. The third-order valence-electron chi connectivity index (χ3n) is 6.70. The van der Waals surface area contributed by atoms with E-state index in [0.717, 1.165) is 43.4 Å². The second-order valence-corrected chi connectivity index (χ2v) is 8.67. The fraction of sp³-hybridized carbons (Fsp3) is 0.708. The molecule has 4 unspecified atom stereocenters. The monoisotopic (exact) mass is 356 g/mol. The van der Waals surface area contributed by atoms with Crippen LogP contribution < -0.4 is 4.74 Å². The largest absolute Gasteiger partial charge is 0.426 e. The minimum absolute atomic E-state index is 0.000187. The minimum Gasteiger partial charge on any atom is -0.426 e. The van der Waals surface area contributed by atoms with E-state index >= 15 is 0 Å². The van der Waals surface area contributed by atoms with Crippen LogP contribution >= 0.6 is 0 Å². The second-order valence-electron chi connectivity index (χ2n) is 8.67. The first kappa shape index (κ1) is 19.5. The fourth-order valence-corrected chi connectivity index (χ4v) is 5.17. The Kier molecular flexibility index (Phi) is 7.16. The van der Waals surface area contributed by atoms with Gasteiger partial charge in [0, 0.05) is 0 Å². The summed E-state index contributed by atoms with van der Waals surface area (Å²) in [6.45, 7) is 4.47. The first-order valence-corrected chi connectivity index (χ1v) is 11.0. The molecule has 3 rings (SSSR count). The van der Waals surface area contributed by atoms with Gasteiger partial charge in [0.1, 0.15) is 5.75 Å². The van der Waals surface area contributed by atoms with Gasteiger partial charge < -0.3 is 4.74 Å². The highest BCUT2D eigenvalue weighted by Gasteiger charge is 2.38. The fourth-order valence-electron chi connectivity index (χ4n) is 5.17. The maximum atomic E-state index is 12.6. The van der Waals surface area contributed by atoms with Crippen molar-refractivity contribution >= 4 is 5.97 Å². The Hall–Kier alpha value is -1.31. The van der Waals surface area contributed by atoms with E-state index in [0.29, 0.717) is 5.75 Å². The summed E-state index contributed by atoms with van der Waals surface area (Å²) in [5, 5.41) is 0. The second kappa shape index (κ2) is 9.58. The van der Waals surface area contributed by atoms with Crippen molar-refractivity contribution in [3.63, 3.8) is 0 Å². The molecule has 2 aliphatic rings. The van der Waals surface area contributed by atoms with Crippen molar-refractivity contribution in [1.29, 1.82) is 0 Å². The van der Waals surface area contributed by atoms with Gasteiger partial charge in [-0.05, 0) is 74.0 Å². The van der Waals surface area contributed by atoms with Crippen molar-refractivity contribution in [3.8, 4) is 5.75 Å².